The Morgan fingerprint density at radius 2 is 1.76 bits per heavy atom. The van der Waals surface area contributed by atoms with Crippen molar-refractivity contribution in [3.63, 3.8) is 0 Å². The number of nitrogens with two attached hydrogens (primary N) is 1. The summed E-state index contributed by atoms with van der Waals surface area (Å²) in [7, 11) is 0. The summed E-state index contributed by atoms with van der Waals surface area (Å²) >= 11 is 0. The van der Waals surface area contributed by atoms with Crippen LogP contribution in [0.5, 0.6) is 0 Å². The van der Waals surface area contributed by atoms with Crippen LogP contribution in [0.1, 0.15) is 31.9 Å². The van der Waals surface area contributed by atoms with E-state index in [9.17, 15) is 4.39 Å². The average molecular weight is 258 g/mol. The predicted octanol–water partition coefficient (Wildman–Crippen LogP) is 3.76. The van der Waals surface area contributed by atoms with E-state index in [2.05, 4.69) is 32.9 Å². The Morgan fingerprint density at radius 3 is 2.12 bits per heavy atom. The van der Waals surface area contributed by atoms with Crippen LogP contribution in [0.4, 0.5) is 4.39 Å². The van der Waals surface area contributed by atoms with Gasteiger partial charge < -0.3 is 5.73 Å². The average Bonchev–Trinajstić information content (AvgIpc) is 2.25. The van der Waals surface area contributed by atoms with Crippen LogP contribution < -0.4 is 5.73 Å². The summed E-state index contributed by atoms with van der Waals surface area (Å²) in [5.74, 6) is 0. The van der Waals surface area contributed by atoms with Crippen LogP contribution >= 0.6 is 12.4 Å². The number of benzene rings is 1. The second-order valence-electron chi connectivity index (χ2n) is 5.10. The van der Waals surface area contributed by atoms with Crippen molar-refractivity contribution < 1.29 is 4.39 Å². The Bertz CT molecular complexity index is 363. The maximum absolute atomic E-state index is 12.4. The van der Waals surface area contributed by atoms with E-state index in [-0.39, 0.29) is 24.4 Å². The zero-order valence-electron chi connectivity index (χ0n) is 10.7. The fourth-order valence-corrected chi connectivity index (χ4v) is 1.54. The van der Waals surface area contributed by atoms with Crippen molar-refractivity contribution in [3.05, 3.63) is 47.3 Å². The van der Waals surface area contributed by atoms with Crippen LogP contribution in [0.3, 0.4) is 0 Å². The number of hydrogen-bond acceptors (Lipinski definition) is 1. The van der Waals surface area contributed by atoms with E-state index in [1.807, 2.05) is 12.1 Å². The van der Waals surface area contributed by atoms with Crippen molar-refractivity contribution >= 4 is 12.4 Å². The van der Waals surface area contributed by atoms with E-state index in [0.717, 1.165) is 5.56 Å². The zero-order valence-corrected chi connectivity index (χ0v) is 11.5. The highest BCUT2D eigenvalue weighted by atomic mass is 35.5. The molecule has 0 saturated carbocycles. The molecule has 1 nitrogen and oxygen atoms in total. The molecule has 0 saturated heterocycles. The highest BCUT2D eigenvalue weighted by Gasteiger charge is 2.12. The lowest BCUT2D eigenvalue weighted by atomic mass is 9.86. The monoisotopic (exact) mass is 257 g/mol. The first kappa shape index (κ1) is 16.1. The second kappa shape index (κ2) is 6.77. The molecule has 0 heterocycles. The van der Waals surface area contributed by atoms with Gasteiger partial charge in [-0.2, -0.15) is 0 Å². The smallest absolute Gasteiger partial charge is 0.0875 e. The first-order valence-electron chi connectivity index (χ1n) is 5.55. The van der Waals surface area contributed by atoms with Gasteiger partial charge in [-0.3, -0.25) is 0 Å². The van der Waals surface area contributed by atoms with Crippen molar-refractivity contribution in [2.45, 2.75) is 32.6 Å². The SMILES string of the molecule is CC(C)(C)c1ccc(C/C(=C/F)CN)cc1.Cl. The van der Waals surface area contributed by atoms with E-state index in [1.165, 1.54) is 5.56 Å². The molecule has 0 aliphatic carbocycles. The highest BCUT2D eigenvalue weighted by molar-refractivity contribution is 5.85. The molecule has 0 spiro atoms. The Morgan fingerprint density at radius 1 is 1.24 bits per heavy atom. The molecule has 0 amide bonds. The molecule has 0 atom stereocenters. The van der Waals surface area contributed by atoms with Gasteiger partial charge in [-0.15, -0.1) is 12.4 Å². The van der Waals surface area contributed by atoms with Crippen molar-refractivity contribution in [1.82, 2.24) is 0 Å². The van der Waals surface area contributed by atoms with E-state index < -0.39 is 0 Å². The largest absolute Gasteiger partial charge is 0.327 e. The molecular weight excluding hydrogens is 237 g/mol. The summed E-state index contributed by atoms with van der Waals surface area (Å²) in [5.41, 5.74) is 8.59. The lowest BCUT2D eigenvalue weighted by Gasteiger charge is -2.19. The minimum Gasteiger partial charge on any atom is -0.327 e. The Balaban J connectivity index is 0.00000256. The summed E-state index contributed by atoms with van der Waals surface area (Å²) in [6.07, 6.45) is 1.20. The topological polar surface area (TPSA) is 26.0 Å². The summed E-state index contributed by atoms with van der Waals surface area (Å²) in [4.78, 5) is 0. The quantitative estimate of drug-likeness (QED) is 0.877. The number of halogens is 2. The van der Waals surface area contributed by atoms with Gasteiger partial charge in [0.25, 0.3) is 0 Å². The Hall–Kier alpha value is -0.860. The van der Waals surface area contributed by atoms with E-state index in [1.54, 1.807) is 0 Å². The normalized spacial score (nSPS) is 12.2. The third-order valence-corrected chi connectivity index (χ3v) is 2.67. The maximum Gasteiger partial charge on any atom is 0.0875 e. The minimum absolute atomic E-state index is 0. The van der Waals surface area contributed by atoms with Crippen LogP contribution in [0.15, 0.2) is 36.2 Å². The molecule has 1 aromatic rings. The van der Waals surface area contributed by atoms with Gasteiger partial charge >= 0.3 is 0 Å². The summed E-state index contributed by atoms with van der Waals surface area (Å²) in [6, 6.07) is 8.28. The lowest BCUT2D eigenvalue weighted by molar-refractivity contribution is 0.590. The van der Waals surface area contributed by atoms with Crippen molar-refractivity contribution in [3.8, 4) is 0 Å². The van der Waals surface area contributed by atoms with E-state index in [0.29, 0.717) is 18.3 Å². The van der Waals surface area contributed by atoms with E-state index >= 15 is 0 Å². The summed E-state index contributed by atoms with van der Waals surface area (Å²) in [5, 5.41) is 0. The molecule has 2 N–H and O–H groups in total. The first-order valence-corrected chi connectivity index (χ1v) is 5.55. The number of rotatable bonds is 3. The van der Waals surface area contributed by atoms with Gasteiger partial charge in [0.15, 0.2) is 0 Å². The van der Waals surface area contributed by atoms with Crippen molar-refractivity contribution in [1.29, 1.82) is 0 Å². The molecule has 1 rings (SSSR count). The number of hydrogen-bond donors (Lipinski definition) is 1. The third-order valence-electron chi connectivity index (χ3n) is 2.67. The molecule has 96 valence electrons. The summed E-state index contributed by atoms with van der Waals surface area (Å²) < 4.78 is 12.4. The van der Waals surface area contributed by atoms with Gasteiger partial charge in [-0.25, -0.2) is 4.39 Å². The minimum atomic E-state index is 0. The van der Waals surface area contributed by atoms with Crippen LogP contribution in [0.25, 0.3) is 0 Å². The lowest BCUT2D eigenvalue weighted by Crippen LogP contribution is -2.11. The highest BCUT2D eigenvalue weighted by Crippen LogP contribution is 2.22. The fraction of sp³-hybridized carbons (Fsp3) is 0.429. The van der Waals surface area contributed by atoms with Crippen LogP contribution in [-0.2, 0) is 11.8 Å². The van der Waals surface area contributed by atoms with Crippen molar-refractivity contribution in [2.24, 2.45) is 5.73 Å². The van der Waals surface area contributed by atoms with Gasteiger partial charge in [0, 0.05) is 6.54 Å². The molecular formula is C14H21ClFN. The molecule has 3 heteroatoms. The molecule has 0 aromatic heterocycles. The molecule has 0 radical (unpaired) electrons. The first-order chi connectivity index (χ1) is 7.47. The van der Waals surface area contributed by atoms with Crippen LogP contribution in [0.2, 0.25) is 0 Å². The Labute approximate surface area is 109 Å². The zero-order chi connectivity index (χ0) is 12.2. The summed E-state index contributed by atoms with van der Waals surface area (Å²) in [6.45, 7) is 6.80. The van der Waals surface area contributed by atoms with Gasteiger partial charge in [0.05, 0.1) is 6.33 Å². The van der Waals surface area contributed by atoms with Crippen LogP contribution in [-0.4, -0.2) is 6.54 Å². The molecule has 0 fully saturated rings. The van der Waals surface area contributed by atoms with Gasteiger partial charge in [-0.05, 0) is 28.5 Å². The van der Waals surface area contributed by atoms with Crippen molar-refractivity contribution in [2.75, 3.05) is 6.54 Å². The molecule has 0 aliphatic heterocycles. The molecule has 17 heavy (non-hydrogen) atoms. The fourth-order valence-electron chi connectivity index (χ4n) is 1.54. The molecule has 0 unspecified atom stereocenters. The van der Waals surface area contributed by atoms with Crippen LogP contribution in [0, 0.1) is 0 Å². The predicted molar refractivity (Wildman–Crippen MR) is 74.3 cm³/mol. The van der Waals surface area contributed by atoms with Gasteiger partial charge in [0.1, 0.15) is 0 Å². The van der Waals surface area contributed by atoms with Gasteiger partial charge in [-0.1, -0.05) is 45.0 Å². The van der Waals surface area contributed by atoms with Gasteiger partial charge in [0.2, 0.25) is 0 Å². The standard InChI is InChI=1S/C14H20FN.ClH/c1-14(2,3)13-6-4-11(5-7-13)8-12(9-15)10-16;/h4-7,9H,8,10,16H2,1-3H3;1H/b12-9-;. The second-order valence-corrected chi connectivity index (χ2v) is 5.10. The van der Waals surface area contributed by atoms with E-state index in [4.69, 9.17) is 5.73 Å². The molecule has 0 bridgehead atoms. The molecule has 0 aliphatic rings. The maximum atomic E-state index is 12.4. The molecule has 1 aromatic carbocycles. The Kier molecular flexibility index (Phi) is 6.43. The third kappa shape index (κ3) is 4.88.